The average Bonchev–Trinajstić information content (AvgIpc) is 2.01. The average molecular weight is 198 g/mol. The molecule has 76 valence electrons. The fourth-order valence-corrected chi connectivity index (χ4v) is 0.444. The predicted molar refractivity (Wildman–Crippen MR) is 33.1 cm³/mol. The van der Waals surface area contributed by atoms with E-state index in [1.165, 1.54) is 0 Å². The van der Waals surface area contributed by atoms with Gasteiger partial charge in [-0.15, -0.1) is 10.1 Å². The molecule has 0 rings (SSSR count). The van der Waals surface area contributed by atoms with E-state index in [9.17, 15) is 20.2 Å². The van der Waals surface area contributed by atoms with Crippen molar-refractivity contribution in [3.8, 4) is 0 Å². The molecule has 0 fully saturated rings. The molecule has 0 aliphatic rings. The molecule has 0 saturated heterocycles. The molecule has 2 unspecified atom stereocenters. The molecule has 0 saturated carbocycles. The van der Waals surface area contributed by atoms with Crippen molar-refractivity contribution in [1.29, 1.82) is 0 Å². The normalized spacial score (nSPS) is 17.2. The molecule has 0 aliphatic heterocycles. The van der Waals surface area contributed by atoms with Crippen LogP contribution < -0.4 is 0 Å². The Morgan fingerprint density at radius 3 is 2.15 bits per heavy atom. The Kier molecular flexibility index (Phi) is 3.47. The van der Waals surface area contributed by atoms with Crippen molar-refractivity contribution in [1.82, 2.24) is 0 Å². The van der Waals surface area contributed by atoms with Crippen LogP contribution in [0.15, 0.2) is 0 Å². The minimum absolute atomic E-state index is 1.26. The smallest absolute Gasteiger partial charge is 0.393 e. The first kappa shape index (κ1) is 11.5. The summed E-state index contributed by atoms with van der Waals surface area (Å²) >= 11 is 0. The summed E-state index contributed by atoms with van der Waals surface area (Å²) in [7, 11) is 0. The summed E-state index contributed by atoms with van der Waals surface area (Å²) in [6, 6.07) is 0. The summed E-state index contributed by atoms with van der Waals surface area (Å²) in [5.41, 5.74) is 0. The van der Waals surface area contributed by atoms with Crippen LogP contribution in [0, 0.1) is 20.2 Å². The second kappa shape index (κ2) is 3.93. The molecule has 3 N–H and O–H groups in total. The summed E-state index contributed by atoms with van der Waals surface area (Å²) in [4.78, 5) is 21.3. The van der Waals surface area contributed by atoms with Gasteiger partial charge in [-0.2, -0.15) is 4.84 Å². The van der Waals surface area contributed by atoms with Crippen LogP contribution in [0.25, 0.3) is 0 Å². The molecular formula is C3H6N2O8. The molecular weight excluding hydrogens is 192 g/mol. The van der Waals surface area contributed by atoms with E-state index in [2.05, 4.69) is 4.84 Å². The maximum Gasteiger partial charge on any atom is 0.503 e. The molecule has 0 bridgehead atoms. The third kappa shape index (κ3) is 2.47. The summed E-state index contributed by atoms with van der Waals surface area (Å²) in [5, 5.41) is 43.6. The van der Waals surface area contributed by atoms with Crippen molar-refractivity contribution in [3.63, 3.8) is 0 Å². The van der Waals surface area contributed by atoms with Crippen LogP contribution >= 0.6 is 0 Å². The summed E-state index contributed by atoms with van der Waals surface area (Å²) in [5.74, 6) is -3.64. The zero-order chi connectivity index (χ0) is 10.6. The minimum Gasteiger partial charge on any atom is -0.393 e. The van der Waals surface area contributed by atoms with E-state index in [1.807, 2.05) is 0 Å². The third-order valence-corrected chi connectivity index (χ3v) is 1.08. The lowest BCUT2D eigenvalue weighted by molar-refractivity contribution is -0.885. The molecule has 0 heterocycles. The molecule has 0 spiro atoms. The van der Waals surface area contributed by atoms with Gasteiger partial charge in [0.2, 0.25) is 6.10 Å². The zero-order valence-corrected chi connectivity index (χ0v) is 6.06. The Balaban J connectivity index is 4.72. The van der Waals surface area contributed by atoms with E-state index in [4.69, 9.17) is 15.3 Å². The van der Waals surface area contributed by atoms with Crippen LogP contribution in [-0.2, 0) is 4.84 Å². The number of hydrogen-bond acceptors (Lipinski definition) is 8. The van der Waals surface area contributed by atoms with Gasteiger partial charge in [0.15, 0.2) is 0 Å². The van der Waals surface area contributed by atoms with Crippen molar-refractivity contribution in [2.75, 3.05) is 6.61 Å². The number of aliphatic hydroxyl groups is 3. The molecule has 0 aromatic heterocycles. The van der Waals surface area contributed by atoms with E-state index in [-0.39, 0.29) is 0 Å². The molecule has 10 nitrogen and oxygen atoms in total. The van der Waals surface area contributed by atoms with Gasteiger partial charge < -0.3 is 15.3 Å². The lowest BCUT2D eigenvalue weighted by Crippen LogP contribution is -2.54. The van der Waals surface area contributed by atoms with Crippen LogP contribution in [0.2, 0.25) is 0 Å². The highest BCUT2D eigenvalue weighted by molar-refractivity contribution is 4.62. The summed E-state index contributed by atoms with van der Waals surface area (Å²) in [6.45, 7) is -1.26. The predicted octanol–water partition coefficient (Wildman–Crippen LogP) is -2.53. The zero-order valence-electron chi connectivity index (χ0n) is 6.06. The Hall–Kier alpha value is -1.52. The number of nitrogens with zero attached hydrogens (tertiary/aromatic N) is 2. The van der Waals surface area contributed by atoms with Crippen molar-refractivity contribution < 1.29 is 30.2 Å². The fraction of sp³-hybridized carbons (Fsp3) is 1.00. The minimum atomic E-state index is -3.64. The molecule has 0 aromatic carbocycles. The number of aliphatic hydroxyl groups excluding tert-OH is 2. The maximum atomic E-state index is 10.0. The number of rotatable bonds is 5. The topological polar surface area (TPSA) is 156 Å². The quantitative estimate of drug-likeness (QED) is 0.248. The lowest BCUT2D eigenvalue weighted by Gasteiger charge is -2.19. The third-order valence-electron chi connectivity index (χ3n) is 1.08. The van der Waals surface area contributed by atoms with Gasteiger partial charge in [-0.1, -0.05) is 0 Å². The van der Waals surface area contributed by atoms with E-state index >= 15 is 0 Å². The van der Waals surface area contributed by atoms with Crippen molar-refractivity contribution in [2.45, 2.75) is 12.0 Å². The first-order chi connectivity index (χ1) is 5.84. The molecule has 10 heteroatoms. The van der Waals surface area contributed by atoms with Crippen LogP contribution in [0.5, 0.6) is 0 Å². The van der Waals surface area contributed by atoms with Crippen LogP contribution in [0.4, 0.5) is 0 Å². The molecule has 0 amide bonds. The van der Waals surface area contributed by atoms with Crippen LogP contribution in [0.1, 0.15) is 0 Å². The monoisotopic (exact) mass is 198 g/mol. The summed E-state index contributed by atoms with van der Waals surface area (Å²) in [6.07, 6.45) is -2.41. The Morgan fingerprint density at radius 1 is 1.46 bits per heavy atom. The highest BCUT2D eigenvalue weighted by Gasteiger charge is 2.53. The standard InChI is InChI=1S/C3H6N2O8/c6-1-2(7)3(8,4(9)10)13-5(11)12/h2,6-8H,1H2. The van der Waals surface area contributed by atoms with E-state index in [0.29, 0.717) is 0 Å². The number of nitro groups is 1. The molecule has 0 radical (unpaired) electrons. The van der Waals surface area contributed by atoms with Gasteiger partial charge in [-0.05, 0) is 0 Å². The van der Waals surface area contributed by atoms with Crippen molar-refractivity contribution >= 4 is 0 Å². The van der Waals surface area contributed by atoms with E-state index in [0.717, 1.165) is 0 Å². The van der Waals surface area contributed by atoms with Gasteiger partial charge in [0.1, 0.15) is 0 Å². The van der Waals surface area contributed by atoms with Crippen molar-refractivity contribution in [3.05, 3.63) is 20.2 Å². The van der Waals surface area contributed by atoms with Crippen LogP contribution in [0.3, 0.4) is 0 Å². The second-order valence-corrected chi connectivity index (χ2v) is 1.93. The van der Waals surface area contributed by atoms with E-state index in [1.54, 1.807) is 0 Å². The first-order valence-corrected chi connectivity index (χ1v) is 2.84. The van der Waals surface area contributed by atoms with E-state index < -0.39 is 28.6 Å². The van der Waals surface area contributed by atoms with Gasteiger partial charge in [0.05, 0.1) is 11.5 Å². The number of hydrogen-bond donors (Lipinski definition) is 3. The van der Waals surface area contributed by atoms with Gasteiger partial charge >= 0.3 is 11.0 Å². The summed E-state index contributed by atoms with van der Waals surface area (Å²) < 4.78 is 0. The van der Waals surface area contributed by atoms with Crippen molar-refractivity contribution in [2.24, 2.45) is 0 Å². The lowest BCUT2D eigenvalue weighted by atomic mass is 10.3. The molecule has 0 aromatic rings. The van der Waals surface area contributed by atoms with Gasteiger partial charge in [0, 0.05) is 0 Å². The largest absolute Gasteiger partial charge is 0.503 e. The highest BCUT2D eigenvalue weighted by Crippen LogP contribution is 2.13. The second-order valence-electron chi connectivity index (χ2n) is 1.93. The SMILES string of the molecule is O=[N+]([O-])OC(O)(C(O)CO)[N+](=O)[O-]. The van der Waals surface area contributed by atoms with Gasteiger partial charge in [-0.25, -0.2) is 0 Å². The Bertz CT molecular complexity index is 217. The van der Waals surface area contributed by atoms with Gasteiger partial charge in [0.25, 0.3) is 0 Å². The highest BCUT2D eigenvalue weighted by atomic mass is 17.0. The molecule has 13 heavy (non-hydrogen) atoms. The first-order valence-electron chi connectivity index (χ1n) is 2.84. The van der Waals surface area contributed by atoms with Crippen LogP contribution in [-0.4, -0.2) is 44.0 Å². The van der Waals surface area contributed by atoms with Gasteiger partial charge in [-0.3, -0.25) is 10.1 Å². The Morgan fingerprint density at radius 2 is 1.92 bits per heavy atom. The fourth-order valence-electron chi connectivity index (χ4n) is 0.444. The molecule has 0 aliphatic carbocycles. The Labute approximate surface area is 70.2 Å². The molecule has 2 atom stereocenters. The maximum absolute atomic E-state index is 10.0.